The Morgan fingerprint density at radius 3 is 2.89 bits per heavy atom. The van der Waals surface area contributed by atoms with Crippen LogP contribution in [-0.4, -0.2) is 16.8 Å². The molecule has 1 N–H and O–H groups in total. The first kappa shape index (κ1) is 15.0. The Bertz CT molecular complexity index is 431. The molecule has 1 unspecified atom stereocenters. The highest BCUT2D eigenvalue weighted by molar-refractivity contribution is 9.09. The van der Waals surface area contributed by atoms with Gasteiger partial charge in [0.25, 0.3) is 0 Å². The van der Waals surface area contributed by atoms with Gasteiger partial charge >= 0.3 is 0 Å². The van der Waals surface area contributed by atoms with Crippen molar-refractivity contribution < 1.29 is 4.79 Å². The molecule has 0 aliphatic heterocycles. The maximum atomic E-state index is 12.6. The molecule has 0 spiro atoms. The molecule has 0 radical (unpaired) electrons. The third-order valence-electron chi connectivity index (χ3n) is 4.37. The van der Waals surface area contributed by atoms with Crippen LogP contribution in [0.5, 0.6) is 0 Å². The number of alkyl halides is 1. The molecular formula is C15H22BrNOS. The summed E-state index contributed by atoms with van der Waals surface area (Å²) >= 11 is 5.35. The van der Waals surface area contributed by atoms with Crippen LogP contribution >= 0.6 is 27.3 Å². The van der Waals surface area contributed by atoms with Crippen LogP contribution in [-0.2, 0) is 11.2 Å². The van der Waals surface area contributed by atoms with Gasteiger partial charge in [-0.05, 0) is 49.1 Å². The van der Waals surface area contributed by atoms with Gasteiger partial charge in [-0.3, -0.25) is 4.79 Å². The SMILES string of the molecule is CCC(CC)(CBr)NC(=O)C1CCCc2sccc21. The molecule has 1 aliphatic rings. The molecule has 0 fully saturated rings. The number of hydrogen-bond acceptors (Lipinski definition) is 2. The molecule has 19 heavy (non-hydrogen) atoms. The highest BCUT2D eigenvalue weighted by atomic mass is 79.9. The number of fused-ring (bicyclic) bond motifs is 1. The van der Waals surface area contributed by atoms with Gasteiger partial charge in [0.2, 0.25) is 5.91 Å². The molecule has 0 bridgehead atoms. The number of amides is 1. The van der Waals surface area contributed by atoms with Gasteiger partial charge in [0.15, 0.2) is 0 Å². The molecule has 0 aromatic carbocycles. The highest BCUT2D eigenvalue weighted by Crippen LogP contribution is 2.35. The molecule has 4 heteroatoms. The van der Waals surface area contributed by atoms with Crippen molar-refractivity contribution in [2.24, 2.45) is 0 Å². The van der Waals surface area contributed by atoms with Gasteiger partial charge in [0.05, 0.1) is 5.92 Å². The standard InChI is InChI=1S/C15H22BrNOS/c1-3-15(4-2,10-16)17-14(18)12-6-5-7-13-11(12)8-9-19-13/h8-9,12H,3-7,10H2,1-2H3,(H,17,18). The van der Waals surface area contributed by atoms with E-state index in [-0.39, 0.29) is 17.4 Å². The predicted molar refractivity (Wildman–Crippen MR) is 85.2 cm³/mol. The average Bonchev–Trinajstić information content (AvgIpc) is 2.93. The first-order valence-electron chi connectivity index (χ1n) is 7.10. The number of aryl methyl sites for hydroxylation is 1. The molecule has 0 saturated carbocycles. The molecule has 2 nitrogen and oxygen atoms in total. The van der Waals surface area contributed by atoms with Crippen LogP contribution in [0.3, 0.4) is 0 Å². The van der Waals surface area contributed by atoms with E-state index in [9.17, 15) is 4.79 Å². The van der Waals surface area contributed by atoms with Crippen molar-refractivity contribution in [3.05, 3.63) is 21.9 Å². The Hall–Kier alpha value is -0.350. The minimum Gasteiger partial charge on any atom is -0.349 e. The van der Waals surface area contributed by atoms with E-state index < -0.39 is 0 Å². The number of carbonyl (C=O) groups is 1. The van der Waals surface area contributed by atoms with Crippen LogP contribution < -0.4 is 5.32 Å². The van der Waals surface area contributed by atoms with E-state index in [0.717, 1.165) is 37.4 Å². The smallest absolute Gasteiger partial charge is 0.228 e. The zero-order valence-corrected chi connectivity index (χ0v) is 14.1. The highest BCUT2D eigenvalue weighted by Gasteiger charge is 2.33. The molecule has 1 aromatic rings. The first-order valence-corrected chi connectivity index (χ1v) is 9.10. The number of carbonyl (C=O) groups excluding carboxylic acids is 1. The van der Waals surface area contributed by atoms with Gasteiger partial charge in [-0.1, -0.05) is 29.8 Å². The molecule has 2 rings (SSSR count). The van der Waals surface area contributed by atoms with Crippen LogP contribution in [0.4, 0.5) is 0 Å². The van der Waals surface area contributed by atoms with Crippen molar-refractivity contribution in [1.29, 1.82) is 0 Å². The minimum absolute atomic E-state index is 0.0616. The Balaban J connectivity index is 2.14. The third-order valence-corrected chi connectivity index (χ3v) is 6.44. The van der Waals surface area contributed by atoms with E-state index in [2.05, 4.69) is 46.5 Å². The summed E-state index contributed by atoms with van der Waals surface area (Å²) in [6.07, 6.45) is 5.18. The van der Waals surface area contributed by atoms with Gasteiger partial charge < -0.3 is 5.32 Å². The lowest BCUT2D eigenvalue weighted by atomic mass is 9.85. The largest absolute Gasteiger partial charge is 0.349 e. The van der Waals surface area contributed by atoms with E-state index in [1.165, 1.54) is 10.4 Å². The van der Waals surface area contributed by atoms with Gasteiger partial charge in [0.1, 0.15) is 0 Å². The van der Waals surface area contributed by atoms with Gasteiger partial charge in [-0.15, -0.1) is 11.3 Å². The molecule has 106 valence electrons. The topological polar surface area (TPSA) is 29.1 Å². The molecule has 1 atom stereocenters. The quantitative estimate of drug-likeness (QED) is 0.796. The monoisotopic (exact) mass is 343 g/mol. The van der Waals surface area contributed by atoms with Crippen molar-refractivity contribution in [3.63, 3.8) is 0 Å². The summed E-state index contributed by atoms with van der Waals surface area (Å²) in [5.41, 5.74) is 1.18. The van der Waals surface area contributed by atoms with Gasteiger partial charge in [-0.25, -0.2) is 0 Å². The second-order valence-electron chi connectivity index (χ2n) is 5.35. The summed E-state index contributed by atoms with van der Waals surface area (Å²) in [4.78, 5) is 14.0. The summed E-state index contributed by atoms with van der Waals surface area (Å²) in [5, 5.41) is 6.24. The van der Waals surface area contributed by atoms with Crippen LogP contribution in [0.15, 0.2) is 11.4 Å². The summed E-state index contributed by atoms with van der Waals surface area (Å²) in [6.45, 7) is 4.28. The molecule has 1 amide bonds. The maximum absolute atomic E-state index is 12.6. The van der Waals surface area contributed by atoms with E-state index >= 15 is 0 Å². The fourth-order valence-electron chi connectivity index (χ4n) is 2.76. The lowest BCUT2D eigenvalue weighted by Gasteiger charge is -2.33. The molecule has 1 heterocycles. The number of thiophene rings is 1. The number of rotatable bonds is 5. The number of nitrogens with one attached hydrogen (secondary N) is 1. The normalized spacial score (nSPS) is 19.0. The first-order chi connectivity index (χ1) is 9.15. The van der Waals surface area contributed by atoms with E-state index in [4.69, 9.17) is 0 Å². The molecule has 1 aromatic heterocycles. The average molecular weight is 344 g/mol. The van der Waals surface area contributed by atoms with Crippen LogP contribution in [0.1, 0.15) is 55.9 Å². The predicted octanol–water partition coefficient (Wildman–Crippen LogP) is 4.24. The van der Waals surface area contributed by atoms with E-state index in [1.54, 1.807) is 11.3 Å². The van der Waals surface area contributed by atoms with Crippen molar-refractivity contribution >= 4 is 33.2 Å². The number of hydrogen-bond donors (Lipinski definition) is 1. The summed E-state index contributed by atoms with van der Waals surface area (Å²) < 4.78 is 0. The van der Waals surface area contributed by atoms with Crippen LogP contribution in [0.25, 0.3) is 0 Å². The third kappa shape index (κ3) is 3.05. The Morgan fingerprint density at radius 1 is 1.53 bits per heavy atom. The fourth-order valence-corrected chi connectivity index (χ4v) is 4.68. The van der Waals surface area contributed by atoms with Crippen LogP contribution in [0.2, 0.25) is 0 Å². The van der Waals surface area contributed by atoms with Crippen molar-refractivity contribution in [2.45, 2.75) is 57.4 Å². The fraction of sp³-hybridized carbons (Fsp3) is 0.667. The van der Waals surface area contributed by atoms with Gasteiger partial charge in [0, 0.05) is 15.7 Å². The molecule has 1 aliphatic carbocycles. The Labute approximate surface area is 128 Å². The lowest BCUT2D eigenvalue weighted by Crippen LogP contribution is -2.50. The Kier molecular flexibility index (Phi) is 5.07. The zero-order chi connectivity index (χ0) is 13.9. The second-order valence-corrected chi connectivity index (χ2v) is 6.92. The maximum Gasteiger partial charge on any atom is 0.228 e. The minimum atomic E-state index is -0.0925. The lowest BCUT2D eigenvalue weighted by molar-refractivity contribution is -0.124. The Morgan fingerprint density at radius 2 is 2.26 bits per heavy atom. The second kappa shape index (κ2) is 6.40. The van der Waals surface area contributed by atoms with E-state index in [0.29, 0.717) is 0 Å². The summed E-state index contributed by atoms with van der Waals surface area (Å²) in [7, 11) is 0. The molecule has 0 saturated heterocycles. The van der Waals surface area contributed by atoms with Crippen molar-refractivity contribution in [2.75, 3.05) is 5.33 Å². The number of halogens is 1. The van der Waals surface area contributed by atoms with Gasteiger partial charge in [-0.2, -0.15) is 0 Å². The van der Waals surface area contributed by atoms with Crippen LogP contribution in [0, 0.1) is 0 Å². The summed E-state index contributed by atoms with van der Waals surface area (Å²) in [6, 6.07) is 2.14. The summed E-state index contributed by atoms with van der Waals surface area (Å²) in [5.74, 6) is 0.272. The van der Waals surface area contributed by atoms with Crippen molar-refractivity contribution in [1.82, 2.24) is 5.32 Å². The zero-order valence-electron chi connectivity index (χ0n) is 11.7. The van der Waals surface area contributed by atoms with Crippen molar-refractivity contribution in [3.8, 4) is 0 Å². The molecular weight excluding hydrogens is 322 g/mol. The van der Waals surface area contributed by atoms with E-state index in [1.807, 2.05) is 0 Å².